The maximum Gasteiger partial charge on any atom is 0.405 e. The minimum absolute atomic E-state index is 0.0671. The van der Waals surface area contributed by atoms with Gasteiger partial charge in [0.1, 0.15) is 6.54 Å². The predicted octanol–water partition coefficient (Wildman–Crippen LogP) is 0.835. The molecule has 0 heterocycles. The maximum atomic E-state index is 12.1. The number of esters is 1. The van der Waals surface area contributed by atoms with Crippen molar-refractivity contribution in [3.63, 3.8) is 0 Å². The Morgan fingerprint density at radius 2 is 1.78 bits per heavy atom. The van der Waals surface area contributed by atoms with Crippen LogP contribution in [0.2, 0.25) is 0 Å². The minimum Gasteiger partial charge on any atom is -0.452 e. The van der Waals surface area contributed by atoms with Crippen LogP contribution < -0.4 is 10.0 Å². The number of carbonyl (C=O) groups excluding carboxylic acids is 2. The van der Waals surface area contributed by atoms with Crippen molar-refractivity contribution in [1.82, 2.24) is 10.0 Å². The molecule has 0 aromatic heterocycles. The molecule has 0 fully saturated rings. The zero-order valence-corrected chi connectivity index (χ0v) is 15.3. The number of amides is 1. The van der Waals surface area contributed by atoms with E-state index in [0.29, 0.717) is 0 Å². The molecule has 0 spiro atoms. The van der Waals surface area contributed by atoms with Gasteiger partial charge in [0, 0.05) is 13.2 Å². The number of halogens is 3. The van der Waals surface area contributed by atoms with Gasteiger partial charge in [-0.3, -0.25) is 4.79 Å². The Balaban J connectivity index is 2.62. The molecule has 1 amide bonds. The molecule has 12 heteroatoms. The standard InChI is InChI=1S/C15H19F3N2O6S/c1-10(7-25-2)20-27(23,24)12-5-3-11(4-6-12)14(22)26-8-13(21)19-9-15(16,17)18/h3-6,10,20H,7-9H2,1-2H3,(H,19,21)/t10-/m1/s1. The molecular weight excluding hydrogens is 393 g/mol. The summed E-state index contributed by atoms with van der Waals surface area (Å²) in [7, 11) is -2.40. The van der Waals surface area contributed by atoms with E-state index in [1.54, 1.807) is 12.2 Å². The highest BCUT2D eigenvalue weighted by Crippen LogP contribution is 2.13. The van der Waals surface area contributed by atoms with Crippen LogP contribution in [0.4, 0.5) is 13.2 Å². The summed E-state index contributed by atoms with van der Waals surface area (Å²) in [4.78, 5) is 22.8. The molecule has 27 heavy (non-hydrogen) atoms. The SMILES string of the molecule is COC[C@@H](C)NS(=O)(=O)c1ccc(C(=O)OCC(=O)NCC(F)(F)F)cc1. The normalized spacial score (nSPS) is 13.1. The third-order valence-electron chi connectivity index (χ3n) is 2.99. The number of sulfonamides is 1. The van der Waals surface area contributed by atoms with E-state index in [2.05, 4.69) is 9.46 Å². The van der Waals surface area contributed by atoms with Gasteiger partial charge in [0.25, 0.3) is 5.91 Å². The Kier molecular flexibility index (Phi) is 8.19. The van der Waals surface area contributed by atoms with Crippen molar-refractivity contribution < 1.29 is 40.7 Å². The van der Waals surface area contributed by atoms with Crippen LogP contribution in [-0.2, 0) is 24.3 Å². The number of rotatable bonds is 9. The average Bonchev–Trinajstić information content (AvgIpc) is 2.57. The lowest BCUT2D eigenvalue weighted by Gasteiger charge is -2.13. The summed E-state index contributed by atoms with van der Waals surface area (Å²) < 4.78 is 71.9. The first-order valence-electron chi connectivity index (χ1n) is 7.56. The third kappa shape index (κ3) is 8.37. The molecule has 0 aliphatic rings. The quantitative estimate of drug-likeness (QED) is 0.582. The fourth-order valence-corrected chi connectivity index (χ4v) is 3.08. The van der Waals surface area contributed by atoms with Gasteiger partial charge in [-0.2, -0.15) is 13.2 Å². The lowest BCUT2D eigenvalue weighted by molar-refractivity contribution is -0.140. The second-order valence-electron chi connectivity index (χ2n) is 5.47. The Hall–Kier alpha value is -2.18. The maximum absolute atomic E-state index is 12.1. The summed E-state index contributed by atoms with van der Waals surface area (Å²) in [6.07, 6.45) is -4.57. The smallest absolute Gasteiger partial charge is 0.405 e. The van der Waals surface area contributed by atoms with Crippen LogP contribution in [0.1, 0.15) is 17.3 Å². The predicted molar refractivity (Wildman–Crippen MR) is 87.4 cm³/mol. The highest BCUT2D eigenvalue weighted by Gasteiger charge is 2.27. The first-order valence-corrected chi connectivity index (χ1v) is 9.05. The fourth-order valence-electron chi connectivity index (χ4n) is 1.85. The van der Waals surface area contributed by atoms with Crippen LogP contribution in [0.15, 0.2) is 29.2 Å². The first-order chi connectivity index (χ1) is 12.4. The fraction of sp³-hybridized carbons (Fsp3) is 0.467. The molecule has 0 saturated heterocycles. The van der Waals surface area contributed by atoms with E-state index in [1.165, 1.54) is 7.11 Å². The van der Waals surface area contributed by atoms with Gasteiger partial charge < -0.3 is 14.8 Å². The van der Waals surface area contributed by atoms with Gasteiger partial charge >= 0.3 is 12.1 Å². The summed E-state index contributed by atoms with van der Waals surface area (Å²) >= 11 is 0. The van der Waals surface area contributed by atoms with Gasteiger partial charge in [-0.25, -0.2) is 17.9 Å². The molecule has 8 nitrogen and oxygen atoms in total. The van der Waals surface area contributed by atoms with Crippen molar-refractivity contribution >= 4 is 21.9 Å². The number of hydrogen-bond acceptors (Lipinski definition) is 6. The van der Waals surface area contributed by atoms with Gasteiger partial charge in [0.2, 0.25) is 10.0 Å². The second-order valence-corrected chi connectivity index (χ2v) is 7.18. The minimum atomic E-state index is -4.57. The number of methoxy groups -OCH3 is 1. The summed E-state index contributed by atoms with van der Waals surface area (Å²) in [6, 6.07) is 4.15. The molecule has 0 aliphatic heterocycles. The summed E-state index contributed by atoms with van der Waals surface area (Å²) in [5, 5.41) is 1.55. The van der Waals surface area contributed by atoms with Gasteiger partial charge in [-0.1, -0.05) is 0 Å². The van der Waals surface area contributed by atoms with E-state index in [1.807, 2.05) is 0 Å². The largest absolute Gasteiger partial charge is 0.452 e. The summed E-state index contributed by atoms with van der Waals surface area (Å²) in [6.45, 7) is -0.661. The van der Waals surface area contributed by atoms with Crippen molar-refractivity contribution in [2.75, 3.05) is 26.9 Å². The summed E-state index contributed by atoms with van der Waals surface area (Å²) in [5.74, 6) is -2.10. The summed E-state index contributed by atoms with van der Waals surface area (Å²) in [5.41, 5.74) is -0.0671. The topological polar surface area (TPSA) is 111 Å². The van der Waals surface area contributed by atoms with Gasteiger partial charge in [0.05, 0.1) is 17.1 Å². The Labute approximate surface area is 154 Å². The second kappa shape index (κ2) is 9.67. The number of hydrogen-bond donors (Lipinski definition) is 2. The van der Waals surface area contributed by atoms with Crippen LogP contribution >= 0.6 is 0 Å². The average molecular weight is 412 g/mol. The molecule has 1 atom stereocenters. The zero-order valence-electron chi connectivity index (χ0n) is 14.5. The van der Waals surface area contributed by atoms with E-state index in [9.17, 15) is 31.2 Å². The molecule has 2 N–H and O–H groups in total. The van der Waals surface area contributed by atoms with Crippen LogP contribution in [0.25, 0.3) is 0 Å². The molecular formula is C15H19F3N2O6S. The molecule has 1 aromatic carbocycles. The van der Waals surface area contributed by atoms with E-state index in [4.69, 9.17) is 4.74 Å². The molecule has 1 aromatic rings. The van der Waals surface area contributed by atoms with Gasteiger partial charge in [-0.05, 0) is 31.2 Å². The molecule has 0 aliphatic carbocycles. The highest BCUT2D eigenvalue weighted by molar-refractivity contribution is 7.89. The van der Waals surface area contributed by atoms with Crippen LogP contribution in [-0.4, -0.2) is 59.4 Å². The molecule has 0 bridgehead atoms. The number of benzene rings is 1. The number of carbonyl (C=O) groups is 2. The van der Waals surface area contributed by atoms with Crippen LogP contribution in [0, 0.1) is 0 Å². The van der Waals surface area contributed by atoms with Crippen molar-refractivity contribution in [1.29, 1.82) is 0 Å². The van der Waals surface area contributed by atoms with E-state index in [-0.39, 0.29) is 17.1 Å². The zero-order chi connectivity index (χ0) is 20.7. The molecule has 0 saturated carbocycles. The van der Waals surface area contributed by atoms with Crippen LogP contribution in [0.3, 0.4) is 0 Å². The van der Waals surface area contributed by atoms with Crippen molar-refractivity contribution in [2.45, 2.75) is 24.0 Å². The van der Waals surface area contributed by atoms with Crippen molar-refractivity contribution in [3.05, 3.63) is 29.8 Å². The van der Waals surface area contributed by atoms with Gasteiger partial charge in [-0.15, -0.1) is 0 Å². The van der Waals surface area contributed by atoms with E-state index >= 15 is 0 Å². The highest BCUT2D eigenvalue weighted by atomic mass is 32.2. The molecule has 1 rings (SSSR count). The lowest BCUT2D eigenvalue weighted by Crippen LogP contribution is -2.36. The van der Waals surface area contributed by atoms with E-state index in [0.717, 1.165) is 24.3 Å². The Morgan fingerprint density at radius 1 is 1.19 bits per heavy atom. The number of ether oxygens (including phenoxy) is 2. The van der Waals surface area contributed by atoms with Crippen molar-refractivity contribution in [3.8, 4) is 0 Å². The van der Waals surface area contributed by atoms with Gasteiger partial charge in [0.15, 0.2) is 6.61 Å². The lowest BCUT2D eigenvalue weighted by atomic mass is 10.2. The molecule has 0 radical (unpaired) electrons. The third-order valence-corrected chi connectivity index (χ3v) is 4.60. The van der Waals surface area contributed by atoms with Crippen LogP contribution in [0.5, 0.6) is 0 Å². The number of nitrogens with one attached hydrogen (secondary N) is 2. The number of alkyl halides is 3. The Bertz CT molecular complexity index is 750. The van der Waals surface area contributed by atoms with E-state index < -0.39 is 47.3 Å². The first kappa shape index (κ1) is 22.9. The molecule has 152 valence electrons. The monoisotopic (exact) mass is 412 g/mol. The molecule has 0 unspecified atom stereocenters. The Morgan fingerprint density at radius 3 is 2.30 bits per heavy atom. The van der Waals surface area contributed by atoms with Crippen molar-refractivity contribution in [2.24, 2.45) is 0 Å².